The maximum Gasteiger partial charge on any atom is 0.280 e. The van der Waals surface area contributed by atoms with Gasteiger partial charge < -0.3 is 16.0 Å². The number of nitrogens with one attached hydrogen (secondary N) is 1. The molecule has 5 rings (SSSR count). The van der Waals surface area contributed by atoms with Crippen molar-refractivity contribution in [1.82, 2.24) is 15.2 Å². The summed E-state index contributed by atoms with van der Waals surface area (Å²) in [4.78, 5) is 34.7. The highest BCUT2D eigenvalue weighted by atomic mass is 35.5. The summed E-state index contributed by atoms with van der Waals surface area (Å²) in [6.45, 7) is 1.76. The van der Waals surface area contributed by atoms with Crippen LogP contribution in [0.3, 0.4) is 0 Å². The summed E-state index contributed by atoms with van der Waals surface area (Å²) in [5, 5.41) is 6.09. The number of thiazole rings is 1. The van der Waals surface area contributed by atoms with Crippen LogP contribution in [0, 0.1) is 0 Å². The predicted molar refractivity (Wildman–Crippen MR) is 139 cm³/mol. The molecular formula is C25H28Cl2N4O2S. The van der Waals surface area contributed by atoms with E-state index in [0.717, 1.165) is 53.7 Å². The molecule has 3 aromatic rings. The normalized spacial score (nSPS) is 22.6. The van der Waals surface area contributed by atoms with E-state index >= 15 is 0 Å². The molecule has 1 saturated carbocycles. The van der Waals surface area contributed by atoms with Crippen molar-refractivity contribution in [3.8, 4) is 0 Å². The van der Waals surface area contributed by atoms with Gasteiger partial charge in [-0.25, -0.2) is 4.98 Å². The van der Waals surface area contributed by atoms with Gasteiger partial charge in [0.1, 0.15) is 5.54 Å². The number of halogens is 2. The molecule has 1 amide bonds. The first-order chi connectivity index (χ1) is 15.8. The van der Waals surface area contributed by atoms with E-state index in [4.69, 9.17) is 17.3 Å². The lowest BCUT2D eigenvalue weighted by molar-refractivity contribution is 0.0758. The second kappa shape index (κ2) is 9.91. The largest absolute Gasteiger partial charge is 0.345 e. The number of amides is 1. The smallest absolute Gasteiger partial charge is 0.280 e. The van der Waals surface area contributed by atoms with E-state index in [0.29, 0.717) is 28.4 Å². The molecule has 180 valence electrons. The van der Waals surface area contributed by atoms with Crippen molar-refractivity contribution in [2.45, 2.75) is 50.2 Å². The summed E-state index contributed by atoms with van der Waals surface area (Å²) in [5.74, 6) is -0.371. The number of likely N-dealkylation sites (N-methyl/N-ethyl adjacent to an activating group) is 1. The number of nitrogens with two attached hydrogens (primary N) is 1. The van der Waals surface area contributed by atoms with Crippen molar-refractivity contribution in [3.05, 3.63) is 62.6 Å². The first-order valence-electron chi connectivity index (χ1n) is 11.3. The highest BCUT2D eigenvalue weighted by Gasteiger charge is 2.45. The minimum atomic E-state index is -1.15. The fourth-order valence-corrected chi connectivity index (χ4v) is 6.21. The minimum Gasteiger partial charge on any atom is -0.345 e. The van der Waals surface area contributed by atoms with Gasteiger partial charge in [0.25, 0.3) is 5.91 Å². The molecule has 6 nitrogen and oxygen atoms in total. The number of nitrogens with zero attached hydrogens (tertiary/aromatic N) is 2. The van der Waals surface area contributed by atoms with E-state index in [2.05, 4.69) is 22.2 Å². The summed E-state index contributed by atoms with van der Waals surface area (Å²) < 4.78 is 0. The van der Waals surface area contributed by atoms with Crippen LogP contribution < -0.4 is 11.1 Å². The summed E-state index contributed by atoms with van der Waals surface area (Å²) in [6.07, 6.45) is 3.84. The summed E-state index contributed by atoms with van der Waals surface area (Å²) in [6, 6.07) is 10.7. The molecule has 1 aromatic heterocycles. The molecule has 0 spiro atoms. The molecule has 1 aliphatic carbocycles. The van der Waals surface area contributed by atoms with Crippen molar-refractivity contribution in [2.24, 2.45) is 5.73 Å². The van der Waals surface area contributed by atoms with Crippen molar-refractivity contribution in [1.29, 1.82) is 0 Å². The van der Waals surface area contributed by atoms with E-state index in [-0.39, 0.29) is 24.1 Å². The predicted octanol–water partition coefficient (Wildman–Crippen LogP) is 4.61. The van der Waals surface area contributed by atoms with E-state index in [1.807, 2.05) is 30.3 Å². The van der Waals surface area contributed by atoms with Gasteiger partial charge in [0.05, 0.1) is 11.7 Å². The zero-order valence-electron chi connectivity index (χ0n) is 19.0. The number of hydrogen-bond acceptors (Lipinski definition) is 6. The number of carbonyl (C=O) groups excluding carboxylic acids is 2. The van der Waals surface area contributed by atoms with Crippen molar-refractivity contribution >= 4 is 57.8 Å². The highest BCUT2D eigenvalue weighted by Crippen LogP contribution is 2.32. The fraction of sp³-hybridized carbons (Fsp3) is 0.400. The highest BCUT2D eigenvalue weighted by molar-refractivity contribution is 7.13. The second-order valence-electron chi connectivity index (χ2n) is 9.22. The zero-order valence-corrected chi connectivity index (χ0v) is 21.4. The van der Waals surface area contributed by atoms with E-state index < -0.39 is 11.6 Å². The molecule has 1 aliphatic heterocycles. The van der Waals surface area contributed by atoms with Crippen LogP contribution in [0.5, 0.6) is 0 Å². The molecule has 2 atom stereocenters. The fourth-order valence-electron chi connectivity index (χ4n) is 4.94. The van der Waals surface area contributed by atoms with Gasteiger partial charge in [-0.3, -0.25) is 9.59 Å². The van der Waals surface area contributed by atoms with Gasteiger partial charge in [0, 0.05) is 35.0 Å². The van der Waals surface area contributed by atoms with Gasteiger partial charge >= 0.3 is 0 Å². The van der Waals surface area contributed by atoms with Crippen LogP contribution in [0.2, 0.25) is 5.02 Å². The molecule has 34 heavy (non-hydrogen) atoms. The molecule has 2 heterocycles. The van der Waals surface area contributed by atoms with Gasteiger partial charge in [-0.2, -0.15) is 0 Å². The Labute approximate surface area is 214 Å². The maximum absolute atomic E-state index is 13.6. The number of rotatable bonds is 4. The minimum absolute atomic E-state index is 0. The molecule has 3 N–H and O–H groups in total. The van der Waals surface area contributed by atoms with Crippen LogP contribution in [-0.2, 0) is 13.0 Å². The van der Waals surface area contributed by atoms with Crippen LogP contribution in [0.4, 0.5) is 0 Å². The third kappa shape index (κ3) is 4.72. The van der Waals surface area contributed by atoms with Crippen LogP contribution in [0.25, 0.3) is 10.8 Å². The molecule has 0 bridgehead atoms. The first kappa shape index (κ1) is 25.1. The molecule has 2 aliphatic rings. The molecule has 0 saturated heterocycles. The third-order valence-corrected chi connectivity index (χ3v) is 8.18. The SMILES string of the molecule is CN1CCc2nc(C(=O)NC3CCCCC3(N)C(=O)c3ccc4cc(Cl)ccc4c3)sc2C1.Cl. The number of Topliss-reactive ketones (excluding diaryl/α,β-unsaturated/α-hetero) is 1. The Morgan fingerprint density at radius 2 is 1.97 bits per heavy atom. The monoisotopic (exact) mass is 518 g/mol. The van der Waals surface area contributed by atoms with Crippen LogP contribution in [0.1, 0.15) is 56.4 Å². The Morgan fingerprint density at radius 1 is 1.21 bits per heavy atom. The molecular weight excluding hydrogens is 491 g/mol. The van der Waals surface area contributed by atoms with Crippen LogP contribution >= 0.6 is 35.3 Å². The average Bonchev–Trinajstić information content (AvgIpc) is 3.23. The van der Waals surface area contributed by atoms with Crippen LogP contribution in [0.15, 0.2) is 36.4 Å². The lowest BCUT2D eigenvalue weighted by atomic mass is 9.73. The van der Waals surface area contributed by atoms with Gasteiger partial charge in [-0.15, -0.1) is 23.7 Å². The Morgan fingerprint density at radius 3 is 2.79 bits per heavy atom. The van der Waals surface area contributed by atoms with Crippen molar-refractivity contribution < 1.29 is 9.59 Å². The Kier molecular flexibility index (Phi) is 7.31. The Balaban J connectivity index is 0.00000274. The van der Waals surface area contributed by atoms with Crippen molar-refractivity contribution in [2.75, 3.05) is 13.6 Å². The number of carbonyl (C=O) groups is 2. The van der Waals surface area contributed by atoms with E-state index in [1.54, 1.807) is 6.07 Å². The standard InChI is InChI=1S/C25H27ClN4O2S.ClH/c1-30-11-9-19-20(14-30)33-24(28-19)23(32)29-21-4-2-3-10-25(21,27)22(31)17-6-5-16-13-18(26)8-7-15(16)12-17;/h5-8,12-13,21H,2-4,9-11,14,27H2,1H3,(H,29,32);1H. The first-order valence-corrected chi connectivity index (χ1v) is 12.5. The van der Waals surface area contributed by atoms with Gasteiger partial charge in [0.2, 0.25) is 0 Å². The number of aromatic nitrogens is 1. The number of fused-ring (bicyclic) bond motifs is 2. The second-order valence-corrected chi connectivity index (χ2v) is 10.7. The molecule has 1 fully saturated rings. The van der Waals surface area contributed by atoms with E-state index in [9.17, 15) is 9.59 Å². The number of hydrogen-bond donors (Lipinski definition) is 2. The molecule has 9 heteroatoms. The Hall–Kier alpha value is -2.03. The molecule has 2 unspecified atom stereocenters. The average molecular weight is 519 g/mol. The zero-order chi connectivity index (χ0) is 23.2. The summed E-state index contributed by atoms with van der Waals surface area (Å²) >= 11 is 7.53. The lowest BCUT2D eigenvalue weighted by Crippen LogP contribution is -2.64. The quantitative estimate of drug-likeness (QED) is 0.492. The number of benzene rings is 2. The summed E-state index contributed by atoms with van der Waals surface area (Å²) in [7, 11) is 2.07. The van der Waals surface area contributed by atoms with Gasteiger partial charge in [0.15, 0.2) is 10.8 Å². The molecule has 0 radical (unpaired) electrons. The van der Waals surface area contributed by atoms with Gasteiger partial charge in [-0.1, -0.05) is 42.6 Å². The summed E-state index contributed by atoms with van der Waals surface area (Å²) in [5.41, 5.74) is 7.20. The lowest BCUT2D eigenvalue weighted by Gasteiger charge is -2.40. The van der Waals surface area contributed by atoms with Crippen LogP contribution in [-0.4, -0.2) is 46.7 Å². The van der Waals surface area contributed by atoms with Gasteiger partial charge in [-0.05, 0) is 48.9 Å². The van der Waals surface area contributed by atoms with Crippen molar-refractivity contribution in [3.63, 3.8) is 0 Å². The topological polar surface area (TPSA) is 88.3 Å². The Bertz CT molecular complexity index is 1250. The molecule has 2 aromatic carbocycles. The number of ketones is 1. The van der Waals surface area contributed by atoms with E-state index in [1.165, 1.54) is 11.3 Å². The third-order valence-electron chi connectivity index (χ3n) is 6.86. The maximum atomic E-state index is 13.6.